The van der Waals surface area contributed by atoms with Crippen LogP contribution in [0.15, 0.2) is 18.2 Å². The van der Waals surface area contributed by atoms with Gasteiger partial charge >= 0.3 is 0 Å². The van der Waals surface area contributed by atoms with Crippen molar-refractivity contribution >= 4 is 34.7 Å². The second kappa shape index (κ2) is 5.12. The smallest absolute Gasteiger partial charge is 0.251 e. The van der Waals surface area contributed by atoms with Crippen LogP contribution in [-0.2, 0) is 0 Å². The fourth-order valence-electron chi connectivity index (χ4n) is 1.72. The molecule has 0 saturated heterocycles. The maximum absolute atomic E-state index is 12.0. The van der Waals surface area contributed by atoms with Gasteiger partial charge in [0.05, 0.1) is 16.1 Å². The molecule has 0 heterocycles. The van der Waals surface area contributed by atoms with E-state index in [0.717, 1.165) is 12.8 Å². The summed E-state index contributed by atoms with van der Waals surface area (Å²) in [5.41, 5.74) is 5.98. The van der Waals surface area contributed by atoms with Crippen LogP contribution < -0.4 is 11.1 Å². The summed E-state index contributed by atoms with van der Waals surface area (Å²) in [7, 11) is 0. The van der Waals surface area contributed by atoms with Gasteiger partial charge in [-0.2, -0.15) is 0 Å². The molecule has 1 aromatic rings. The molecule has 0 spiro atoms. The van der Waals surface area contributed by atoms with Crippen LogP contribution in [0.25, 0.3) is 0 Å². The predicted molar refractivity (Wildman–Crippen MR) is 73.9 cm³/mol. The van der Waals surface area contributed by atoms with Gasteiger partial charge in [0.1, 0.15) is 5.75 Å². The predicted octanol–water partition coefficient (Wildman–Crippen LogP) is 1.84. The first-order valence-electron chi connectivity index (χ1n) is 5.57. The molecule has 4 nitrogen and oxygen atoms in total. The van der Waals surface area contributed by atoms with Crippen LogP contribution in [0.1, 0.15) is 23.2 Å². The number of halogens is 1. The molecule has 1 unspecified atom stereocenters. The summed E-state index contributed by atoms with van der Waals surface area (Å²) in [6.45, 7) is 0. The number of carbonyl (C=O) groups is 1. The Hall–Kier alpha value is -1.33. The fourth-order valence-corrected chi connectivity index (χ4v) is 2.16. The standard InChI is InChI=1S/C12H13ClN2O2S/c13-8-5-7(3-4-9(8)16)12(17)15-10(11(14)18)6-1-2-6/h3-6,10,16H,1-2H2,(H2,14,18)(H,15,17). The number of nitrogens with one attached hydrogen (secondary N) is 1. The van der Waals surface area contributed by atoms with E-state index in [4.69, 9.17) is 29.6 Å². The summed E-state index contributed by atoms with van der Waals surface area (Å²) >= 11 is 10.7. The van der Waals surface area contributed by atoms with E-state index in [1.165, 1.54) is 18.2 Å². The highest BCUT2D eigenvalue weighted by Crippen LogP contribution is 2.33. The van der Waals surface area contributed by atoms with Crippen molar-refractivity contribution in [3.8, 4) is 5.75 Å². The second-order valence-corrected chi connectivity index (χ2v) is 5.24. The van der Waals surface area contributed by atoms with Gasteiger partial charge in [-0.05, 0) is 37.0 Å². The van der Waals surface area contributed by atoms with Gasteiger partial charge in [0.2, 0.25) is 0 Å². The molecule has 1 fully saturated rings. The maximum atomic E-state index is 12.0. The van der Waals surface area contributed by atoms with Crippen molar-refractivity contribution in [1.29, 1.82) is 0 Å². The van der Waals surface area contributed by atoms with Gasteiger partial charge in [0.25, 0.3) is 5.91 Å². The number of rotatable bonds is 4. The van der Waals surface area contributed by atoms with Gasteiger partial charge in [-0.1, -0.05) is 23.8 Å². The van der Waals surface area contributed by atoms with Gasteiger partial charge in [0.15, 0.2) is 0 Å². The fraction of sp³-hybridized carbons (Fsp3) is 0.333. The SMILES string of the molecule is NC(=S)C(NC(=O)c1ccc(O)c(Cl)c1)C1CC1. The lowest BCUT2D eigenvalue weighted by Crippen LogP contribution is -2.45. The molecule has 1 saturated carbocycles. The molecule has 0 aliphatic heterocycles. The topological polar surface area (TPSA) is 75.3 Å². The van der Waals surface area contributed by atoms with Crippen LogP contribution >= 0.6 is 23.8 Å². The molecular weight excluding hydrogens is 272 g/mol. The maximum Gasteiger partial charge on any atom is 0.251 e. The van der Waals surface area contributed by atoms with Crippen LogP contribution in [0.4, 0.5) is 0 Å². The zero-order chi connectivity index (χ0) is 13.3. The van der Waals surface area contributed by atoms with Crippen LogP contribution in [0.2, 0.25) is 5.02 Å². The van der Waals surface area contributed by atoms with E-state index in [1.807, 2.05) is 0 Å². The van der Waals surface area contributed by atoms with Gasteiger partial charge in [-0.25, -0.2) is 0 Å². The van der Waals surface area contributed by atoms with E-state index in [1.54, 1.807) is 0 Å². The largest absolute Gasteiger partial charge is 0.506 e. The zero-order valence-corrected chi connectivity index (χ0v) is 11.1. The third-order valence-corrected chi connectivity index (χ3v) is 3.45. The Labute approximate surface area is 115 Å². The number of nitrogens with two attached hydrogens (primary N) is 1. The summed E-state index contributed by atoms with van der Waals surface area (Å²) in [5.74, 6) is 0.00180. The summed E-state index contributed by atoms with van der Waals surface area (Å²) < 4.78 is 0. The number of phenols is 1. The Morgan fingerprint density at radius 1 is 1.56 bits per heavy atom. The number of amides is 1. The Kier molecular flexibility index (Phi) is 3.73. The Balaban J connectivity index is 2.10. The van der Waals surface area contributed by atoms with Gasteiger partial charge in [-0.3, -0.25) is 4.79 Å². The van der Waals surface area contributed by atoms with E-state index >= 15 is 0 Å². The van der Waals surface area contributed by atoms with E-state index in [-0.39, 0.29) is 22.7 Å². The van der Waals surface area contributed by atoms with E-state index in [0.29, 0.717) is 16.5 Å². The van der Waals surface area contributed by atoms with E-state index < -0.39 is 0 Å². The molecule has 96 valence electrons. The van der Waals surface area contributed by atoms with E-state index in [9.17, 15) is 9.90 Å². The average Bonchev–Trinajstić information content (AvgIpc) is 3.13. The highest BCUT2D eigenvalue weighted by Gasteiger charge is 2.34. The van der Waals surface area contributed by atoms with Crippen LogP contribution in [0.3, 0.4) is 0 Å². The first kappa shape index (κ1) is 13.1. The van der Waals surface area contributed by atoms with Crippen molar-refractivity contribution in [2.45, 2.75) is 18.9 Å². The van der Waals surface area contributed by atoms with Crippen LogP contribution in [0, 0.1) is 5.92 Å². The molecule has 4 N–H and O–H groups in total. The van der Waals surface area contributed by atoms with Crippen molar-refractivity contribution < 1.29 is 9.90 Å². The normalized spacial score (nSPS) is 16.1. The molecule has 1 aromatic carbocycles. The number of aromatic hydroxyl groups is 1. The van der Waals surface area contributed by atoms with Crippen molar-refractivity contribution in [2.24, 2.45) is 11.7 Å². The minimum absolute atomic E-state index is 0.0543. The molecule has 0 bridgehead atoms. The Bertz CT molecular complexity index is 503. The highest BCUT2D eigenvalue weighted by atomic mass is 35.5. The van der Waals surface area contributed by atoms with Gasteiger partial charge in [0, 0.05) is 5.56 Å². The number of hydrogen-bond donors (Lipinski definition) is 3. The Morgan fingerprint density at radius 3 is 2.72 bits per heavy atom. The molecule has 6 heteroatoms. The number of carbonyl (C=O) groups excluding carboxylic acids is 1. The molecule has 0 aromatic heterocycles. The van der Waals surface area contributed by atoms with Crippen LogP contribution in [0.5, 0.6) is 5.75 Å². The Morgan fingerprint density at radius 2 is 2.22 bits per heavy atom. The molecular formula is C12H13ClN2O2S. The number of thiocarbonyl (C=S) groups is 1. The molecule has 1 aliphatic rings. The lowest BCUT2D eigenvalue weighted by Gasteiger charge is -2.16. The molecule has 1 aliphatic carbocycles. The summed E-state index contributed by atoms with van der Waals surface area (Å²) in [6.07, 6.45) is 2.05. The van der Waals surface area contributed by atoms with Crippen molar-refractivity contribution in [3.05, 3.63) is 28.8 Å². The van der Waals surface area contributed by atoms with E-state index in [2.05, 4.69) is 5.32 Å². The molecule has 0 radical (unpaired) electrons. The first-order chi connectivity index (χ1) is 8.49. The molecule has 18 heavy (non-hydrogen) atoms. The summed E-state index contributed by atoms with van der Waals surface area (Å²) in [4.78, 5) is 12.3. The third kappa shape index (κ3) is 2.91. The second-order valence-electron chi connectivity index (χ2n) is 4.36. The number of phenolic OH excluding ortho intramolecular Hbond substituents is 1. The lowest BCUT2D eigenvalue weighted by molar-refractivity contribution is 0.0944. The third-order valence-electron chi connectivity index (χ3n) is 2.90. The minimum Gasteiger partial charge on any atom is -0.506 e. The van der Waals surface area contributed by atoms with Crippen LogP contribution in [-0.4, -0.2) is 22.0 Å². The summed E-state index contributed by atoms with van der Waals surface area (Å²) in [5, 5.41) is 12.2. The molecule has 1 amide bonds. The van der Waals surface area contributed by atoms with Crippen molar-refractivity contribution in [1.82, 2.24) is 5.32 Å². The lowest BCUT2D eigenvalue weighted by atomic mass is 10.1. The monoisotopic (exact) mass is 284 g/mol. The average molecular weight is 285 g/mol. The first-order valence-corrected chi connectivity index (χ1v) is 6.36. The summed E-state index contributed by atoms with van der Waals surface area (Å²) in [6, 6.07) is 4.03. The van der Waals surface area contributed by atoms with Gasteiger partial charge in [-0.15, -0.1) is 0 Å². The molecule has 2 rings (SSSR count). The van der Waals surface area contributed by atoms with Crippen molar-refractivity contribution in [3.63, 3.8) is 0 Å². The quantitative estimate of drug-likeness (QED) is 0.738. The van der Waals surface area contributed by atoms with Gasteiger partial charge < -0.3 is 16.2 Å². The minimum atomic E-state index is -0.290. The zero-order valence-electron chi connectivity index (χ0n) is 9.52. The number of benzene rings is 1. The molecule has 1 atom stereocenters. The highest BCUT2D eigenvalue weighted by molar-refractivity contribution is 7.80. The van der Waals surface area contributed by atoms with Crippen molar-refractivity contribution in [2.75, 3.05) is 0 Å². The number of hydrogen-bond acceptors (Lipinski definition) is 3.